The Bertz CT molecular complexity index is 1200. The van der Waals surface area contributed by atoms with Crippen LogP contribution in [0.3, 0.4) is 0 Å². The second-order valence-electron chi connectivity index (χ2n) is 6.88. The zero-order chi connectivity index (χ0) is 22.0. The summed E-state index contributed by atoms with van der Waals surface area (Å²) >= 11 is 1.27. The highest BCUT2D eigenvalue weighted by molar-refractivity contribution is 7.89. The van der Waals surface area contributed by atoms with Crippen molar-refractivity contribution in [2.45, 2.75) is 23.9 Å². The molecule has 0 aliphatic carbocycles. The fourth-order valence-corrected chi connectivity index (χ4v) is 5.67. The van der Waals surface area contributed by atoms with E-state index in [1.165, 1.54) is 48.1 Å². The molecule has 1 aliphatic heterocycles. The maximum Gasteiger partial charge on any atom is 0.244 e. The number of benzene rings is 2. The normalized spacial score (nSPS) is 16.4. The standard InChI is InChI=1S/C21H21N3O5S2/c1-28-18-8-7-16(12-19(18)29-2)31(26,27)24-13-15-6-4-3-5-14(15)11-17(24)20(25)23-21-22-9-10-30-21/h3-10,12,17H,11,13H2,1-2H3,(H,22,23,25)/t17-/m0/s1. The van der Waals surface area contributed by atoms with Gasteiger partial charge in [0.05, 0.1) is 19.1 Å². The quantitative estimate of drug-likeness (QED) is 0.609. The maximum atomic E-state index is 13.6. The van der Waals surface area contributed by atoms with Gasteiger partial charge in [-0.3, -0.25) is 4.79 Å². The van der Waals surface area contributed by atoms with Crippen LogP contribution in [0.4, 0.5) is 5.13 Å². The Morgan fingerprint density at radius 2 is 1.87 bits per heavy atom. The molecule has 2 aromatic carbocycles. The van der Waals surface area contributed by atoms with Gasteiger partial charge in [-0.1, -0.05) is 24.3 Å². The first kappa shape index (κ1) is 21.3. The van der Waals surface area contributed by atoms with Crippen LogP contribution in [0.5, 0.6) is 11.5 Å². The molecule has 0 spiro atoms. The zero-order valence-electron chi connectivity index (χ0n) is 16.9. The molecular weight excluding hydrogens is 438 g/mol. The number of ether oxygens (including phenoxy) is 2. The highest BCUT2D eigenvalue weighted by atomic mass is 32.2. The van der Waals surface area contributed by atoms with Crippen molar-refractivity contribution in [3.05, 3.63) is 65.2 Å². The van der Waals surface area contributed by atoms with Gasteiger partial charge in [-0.15, -0.1) is 11.3 Å². The van der Waals surface area contributed by atoms with Crippen LogP contribution in [0.15, 0.2) is 58.9 Å². The van der Waals surface area contributed by atoms with E-state index < -0.39 is 22.0 Å². The summed E-state index contributed by atoms with van der Waals surface area (Å²) in [5.41, 5.74) is 1.81. The second-order valence-corrected chi connectivity index (χ2v) is 9.67. The summed E-state index contributed by atoms with van der Waals surface area (Å²) in [7, 11) is -1.10. The van der Waals surface area contributed by atoms with Crippen molar-refractivity contribution < 1.29 is 22.7 Å². The summed E-state index contributed by atoms with van der Waals surface area (Å²) in [6.45, 7) is 0.0861. The molecule has 0 radical (unpaired) electrons. The Morgan fingerprint density at radius 1 is 1.13 bits per heavy atom. The Morgan fingerprint density at radius 3 is 2.55 bits per heavy atom. The van der Waals surface area contributed by atoms with Crippen LogP contribution in [0, 0.1) is 0 Å². The van der Waals surface area contributed by atoms with E-state index in [-0.39, 0.29) is 17.9 Å². The first-order valence-electron chi connectivity index (χ1n) is 9.45. The van der Waals surface area contributed by atoms with E-state index in [2.05, 4.69) is 10.3 Å². The molecule has 0 unspecified atom stereocenters. The van der Waals surface area contributed by atoms with Gasteiger partial charge in [-0.05, 0) is 29.7 Å². The third kappa shape index (κ3) is 4.14. The van der Waals surface area contributed by atoms with Crippen LogP contribution in [0.25, 0.3) is 0 Å². The number of amides is 1. The minimum Gasteiger partial charge on any atom is -0.493 e. The number of methoxy groups -OCH3 is 2. The van der Waals surface area contributed by atoms with Crippen molar-refractivity contribution in [2.75, 3.05) is 19.5 Å². The molecule has 4 rings (SSSR count). The van der Waals surface area contributed by atoms with E-state index in [4.69, 9.17) is 9.47 Å². The number of carbonyl (C=O) groups is 1. The lowest BCUT2D eigenvalue weighted by atomic mass is 9.95. The van der Waals surface area contributed by atoms with Crippen molar-refractivity contribution in [1.29, 1.82) is 0 Å². The molecule has 8 nitrogen and oxygen atoms in total. The van der Waals surface area contributed by atoms with Gasteiger partial charge in [-0.25, -0.2) is 13.4 Å². The van der Waals surface area contributed by atoms with Crippen LogP contribution in [-0.2, 0) is 27.8 Å². The average molecular weight is 460 g/mol. The fourth-order valence-electron chi connectivity index (χ4n) is 3.56. The number of carbonyl (C=O) groups excluding carboxylic acids is 1. The minimum atomic E-state index is -4.02. The summed E-state index contributed by atoms with van der Waals surface area (Å²) in [6, 6.07) is 11.0. The van der Waals surface area contributed by atoms with Gasteiger partial charge >= 0.3 is 0 Å². The number of fused-ring (bicyclic) bond motifs is 1. The fraction of sp³-hybridized carbons (Fsp3) is 0.238. The van der Waals surface area contributed by atoms with E-state index in [0.717, 1.165) is 11.1 Å². The molecule has 1 amide bonds. The molecule has 10 heteroatoms. The van der Waals surface area contributed by atoms with Crippen molar-refractivity contribution in [1.82, 2.24) is 9.29 Å². The number of thiazole rings is 1. The summed E-state index contributed by atoms with van der Waals surface area (Å²) in [5, 5.41) is 4.90. The topological polar surface area (TPSA) is 97.8 Å². The first-order valence-corrected chi connectivity index (χ1v) is 11.8. The second kappa shape index (κ2) is 8.66. The minimum absolute atomic E-state index is 0.0246. The van der Waals surface area contributed by atoms with E-state index >= 15 is 0 Å². The van der Waals surface area contributed by atoms with Gasteiger partial charge in [0.25, 0.3) is 0 Å². The molecule has 1 aliphatic rings. The molecule has 31 heavy (non-hydrogen) atoms. The van der Waals surface area contributed by atoms with Crippen molar-refractivity contribution >= 4 is 32.4 Å². The number of rotatable bonds is 6. The predicted octanol–water partition coefficient (Wildman–Crippen LogP) is 2.91. The van der Waals surface area contributed by atoms with Crippen molar-refractivity contribution in [3.63, 3.8) is 0 Å². The van der Waals surface area contributed by atoms with E-state index in [1.54, 1.807) is 11.6 Å². The Balaban J connectivity index is 1.74. The SMILES string of the molecule is COc1ccc(S(=O)(=O)N2Cc3ccccc3C[C@H]2C(=O)Nc2nccs2)cc1OC. The number of anilines is 1. The van der Waals surface area contributed by atoms with Crippen molar-refractivity contribution in [2.24, 2.45) is 0 Å². The Kier molecular flexibility index (Phi) is 5.94. The van der Waals surface area contributed by atoms with Crippen LogP contribution in [-0.4, -0.2) is 43.9 Å². The lowest BCUT2D eigenvalue weighted by Gasteiger charge is -2.34. The summed E-state index contributed by atoms with van der Waals surface area (Å²) in [5.74, 6) is 0.293. The van der Waals surface area contributed by atoms with Crippen LogP contribution in [0.2, 0.25) is 0 Å². The van der Waals surface area contributed by atoms with Gasteiger partial charge in [0.1, 0.15) is 6.04 Å². The molecule has 0 fully saturated rings. The molecule has 2 heterocycles. The van der Waals surface area contributed by atoms with Crippen LogP contribution < -0.4 is 14.8 Å². The number of nitrogens with one attached hydrogen (secondary N) is 1. The molecule has 162 valence electrons. The van der Waals surface area contributed by atoms with E-state index in [0.29, 0.717) is 16.6 Å². The smallest absolute Gasteiger partial charge is 0.244 e. The van der Waals surface area contributed by atoms with Crippen LogP contribution in [0.1, 0.15) is 11.1 Å². The van der Waals surface area contributed by atoms with Gasteiger partial charge in [0.2, 0.25) is 15.9 Å². The molecule has 1 aromatic heterocycles. The number of hydrogen-bond acceptors (Lipinski definition) is 7. The monoisotopic (exact) mass is 459 g/mol. The maximum absolute atomic E-state index is 13.6. The lowest BCUT2D eigenvalue weighted by Crippen LogP contribution is -2.50. The number of aromatic nitrogens is 1. The largest absolute Gasteiger partial charge is 0.493 e. The van der Waals surface area contributed by atoms with Crippen molar-refractivity contribution in [3.8, 4) is 11.5 Å². The van der Waals surface area contributed by atoms with Gasteiger partial charge in [0.15, 0.2) is 16.6 Å². The van der Waals surface area contributed by atoms with Gasteiger partial charge < -0.3 is 14.8 Å². The summed E-state index contributed by atoms with van der Waals surface area (Å²) < 4.78 is 38.9. The number of hydrogen-bond donors (Lipinski definition) is 1. The molecule has 1 atom stereocenters. The van der Waals surface area contributed by atoms with Gasteiger partial charge in [-0.2, -0.15) is 4.31 Å². The van der Waals surface area contributed by atoms with Gasteiger partial charge in [0, 0.05) is 24.2 Å². The molecule has 3 aromatic rings. The Hall–Kier alpha value is -2.95. The molecule has 0 saturated heterocycles. The molecule has 0 bridgehead atoms. The van der Waals surface area contributed by atoms with E-state index in [9.17, 15) is 13.2 Å². The highest BCUT2D eigenvalue weighted by Crippen LogP contribution is 2.34. The predicted molar refractivity (Wildman–Crippen MR) is 117 cm³/mol. The average Bonchev–Trinajstić information content (AvgIpc) is 3.30. The van der Waals surface area contributed by atoms with E-state index in [1.807, 2.05) is 24.3 Å². The lowest BCUT2D eigenvalue weighted by molar-refractivity contribution is -0.120. The number of nitrogens with zero attached hydrogens (tertiary/aromatic N) is 2. The third-order valence-corrected chi connectivity index (χ3v) is 7.67. The summed E-state index contributed by atoms with van der Waals surface area (Å²) in [6.07, 6.45) is 1.84. The Labute approximate surface area is 184 Å². The molecule has 1 N–H and O–H groups in total. The molecular formula is C21H21N3O5S2. The van der Waals surface area contributed by atoms with Crippen LogP contribution >= 0.6 is 11.3 Å². The zero-order valence-corrected chi connectivity index (χ0v) is 18.6. The third-order valence-electron chi connectivity index (χ3n) is 5.13. The first-order chi connectivity index (χ1) is 14.9. The highest BCUT2D eigenvalue weighted by Gasteiger charge is 2.40. The summed E-state index contributed by atoms with van der Waals surface area (Å²) in [4.78, 5) is 17.2. The number of sulfonamides is 1. The molecule has 0 saturated carbocycles.